The second-order valence-electron chi connectivity index (χ2n) is 6.31. The highest BCUT2D eigenvalue weighted by molar-refractivity contribution is 5.28. The molecule has 0 saturated carbocycles. The van der Waals surface area contributed by atoms with Crippen molar-refractivity contribution in [1.29, 1.82) is 0 Å². The lowest BCUT2D eigenvalue weighted by Gasteiger charge is -2.30. The maximum absolute atomic E-state index is 3.51. The number of hydrogen-bond donors (Lipinski definition) is 1. The molecule has 2 saturated heterocycles. The summed E-state index contributed by atoms with van der Waals surface area (Å²) in [5.74, 6) is 1.48. The summed E-state index contributed by atoms with van der Waals surface area (Å²) in [6.45, 7) is 4.85. The third kappa shape index (κ3) is 3.18. The minimum absolute atomic E-state index is 0.733. The van der Waals surface area contributed by atoms with Gasteiger partial charge in [0.25, 0.3) is 0 Å². The Labute approximate surface area is 117 Å². The van der Waals surface area contributed by atoms with Crippen molar-refractivity contribution >= 4 is 0 Å². The van der Waals surface area contributed by atoms with Gasteiger partial charge in [0.1, 0.15) is 0 Å². The molecule has 0 aromatic heterocycles. The maximum Gasteiger partial charge on any atom is 0.00472 e. The van der Waals surface area contributed by atoms with Crippen molar-refractivity contribution < 1.29 is 0 Å². The number of likely N-dealkylation sites (tertiary alicyclic amines) is 1. The maximum atomic E-state index is 3.51. The van der Waals surface area contributed by atoms with Gasteiger partial charge in [-0.25, -0.2) is 0 Å². The van der Waals surface area contributed by atoms with E-state index < -0.39 is 0 Å². The van der Waals surface area contributed by atoms with Crippen LogP contribution in [0.3, 0.4) is 0 Å². The fraction of sp³-hybridized carbons (Fsp3) is 0.647. The molecule has 2 heteroatoms. The molecule has 104 valence electrons. The first-order valence-corrected chi connectivity index (χ1v) is 7.82. The highest BCUT2D eigenvalue weighted by Gasteiger charge is 2.20. The molecule has 0 amide bonds. The van der Waals surface area contributed by atoms with Gasteiger partial charge in [0.15, 0.2) is 0 Å². The monoisotopic (exact) mass is 258 g/mol. The average molecular weight is 258 g/mol. The summed E-state index contributed by atoms with van der Waals surface area (Å²) < 4.78 is 0. The van der Waals surface area contributed by atoms with Crippen molar-refractivity contribution in [2.24, 2.45) is 0 Å². The first-order chi connectivity index (χ1) is 9.33. The Morgan fingerprint density at radius 1 is 1.00 bits per heavy atom. The van der Waals surface area contributed by atoms with Gasteiger partial charge in [0.05, 0.1) is 0 Å². The molecule has 0 spiro atoms. The van der Waals surface area contributed by atoms with Crippen LogP contribution >= 0.6 is 0 Å². The second-order valence-corrected chi connectivity index (χ2v) is 6.31. The normalized spacial score (nSPS) is 29.3. The Bertz CT molecular complexity index is 392. The fourth-order valence-corrected chi connectivity index (χ4v) is 3.62. The van der Waals surface area contributed by atoms with Crippen LogP contribution in [0.5, 0.6) is 0 Å². The molecule has 2 heterocycles. The van der Waals surface area contributed by atoms with Crippen LogP contribution in [0.1, 0.15) is 48.6 Å². The summed E-state index contributed by atoms with van der Waals surface area (Å²) in [6, 6.07) is 9.52. The van der Waals surface area contributed by atoms with Gasteiger partial charge in [-0.2, -0.15) is 0 Å². The zero-order valence-electron chi connectivity index (χ0n) is 12.1. The zero-order valence-corrected chi connectivity index (χ0v) is 12.1. The zero-order chi connectivity index (χ0) is 13.1. The lowest BCUT2D eigenvalue weighted by atomic mass is 9.87. The van der Waals surface area contributed by atoms with Crippen LogP contribution in [0.15, 0.2) is 24.3 Å². The SMILES string of the molecule is CN1CCCC(c2ccc(C3CCCNC3)cc2)C1. The van der Waals surface area contributed by atoms with E-state index in [9.17, 15) is 0 Å². The van der Waals surface area contributed by atoms with Gasteiger partial charge in [-0.15, -0.1) is 0 Å². The van der Waals surface area contributed by atoms with Crippen LogP contribution in [-0.4, -0.2) is 38.1 Å². The molecule has 1 N–H and O–H groups in total. The number of benzene rings is 1. The number of hydrogen-bond acceptors (Lipinski definition) is 2. The molecule has 0 aliphatic carbocycles. The van der Waals surface area contributed by atoms with Crippen molar-refractivity contribution in [3.05, 3.63) is 35.4 Å². The highest BCUT2D eigenvalue weighted by Crippen LogP contribution is 2.29. The van der Waals surface area contributed by atoms with Gasteiger partial charge in [0.2, 0.25) is 0 Å². The summed E-state index contributed by atoms with van der Waals surface area (Å²) in [6.07, 6.45) is 5.36. The molecule has 2 nitrogen and oxygen atoms in total. The quantitative estimate of drug-likeness (QED) is 0.877. The first kappa shape index (κ1) is 13.1. The molecule has 2 unspecified atom stereocenters. The molecule has 2 aliphatic heterocycles. The first-order valence-electron chi connectivity index (χ1n) is 7.82. The number of rotatable bonds is 2. The molecule has 1 aromatic carbocycles. The van der Waals surface area contributed by atoms with Crippen molar-refractivity contribution in [3.8, 4) is 0 Å². The fourth-order valence-electron chi connectivity index (χ4n) is 3.62. The van der Waals surface area contributed by atoms with Crippen LogP contribution in [-0.2, 0) is 0 Å². The van der Waals surface area contributed by atoms with Crippen LogP contribution in [0.2, 0.25) is 0 Å². The van der Waals surface area contributed by atoms with Gasteiger partial charge >= 0.3 is 0 Å². The minimum atomic E-state index is 0.733. The number of piperidine rings is 2. The number of nitrogens with one attached hydrogen (secondary N) is 1. The van der Waals surface area contributed by atoms with E-state index in [0.29, 0.717) is 0 Å². The summed E-state index contributed by atoms with van der Waals surface area (Å²) in [5, 5.41) is 3.51. The Balaban J connectivity index is 1.67. The third-order valence-electron chi connectivity index (χ3n) is 4.80. The Morgan fingerprint density at radius 3 is 2.32 bits per heavy atom. The molecular formula is C17H26N2. The lowest BCUT2D eigenvalue weighted by molar-refractivity contribution is 0.251. The van der Waals surface area contributed by atoms with E-state index in [1.807, 2.05) is 0 Å². The summed E-state index contributed by atoms with van der Waals surface area (Å²) in [7, 11) is 2.24. The van der Waals surface area contributed by atoms with E-state index in [-0.39, 0.29) is 0 Å². The van der Waals surface area contributed by atoms with Crippen LogP contribution in [0, 0.1) is 0 Å². The Hall–Kier alpha value is -0.860. The van der Waals surface area contributed by atoms with E-state index in [0.717, 1.165) is 18.4 Å². The van der Waals surface area contributed by atoms with Crippen molar-refractivity contribution in [2.75, 3.05) is 33.2 Å². The molecule has 19 heavy (non-hydrogen) atoms. The van der Waals surface area contributed by atoms with Gasteiger partial charge in [-0.3, -0.25) is 0 Å². The smallest absolute Gasteiger partial charge is 0.00472 e. The second kappa shape index (κ2) is 6.06. The van der Waals surface area contributed by atoms with E-state index in [4.69, 9.17) is 0 Å². The van der Waals surface area contributed by atoms with Crippen molar-refractivity contribution in [3.63, 3.8) is 0 Å². The molecule has 1 aromatic rings. The molecule has 2 fully saturated rings. The van der Waals surface area contributed by atoms with E-state index in [1.54, 1.807) is 5.56 Å². The van der Waals surface area contributed by atoms with Crippen LogP contribution in [0.4, 0.5) is 0 Å². The largest absolute Gasteiger partial charge is 0.316 e. The molecule has 0 bridgehead atoms. The van der Waals surface area contributed by atoms with E-state index in [1.165, 1.54) is 50.9 Å². The molecule has 3 rings (SSSR count). The predicted molar refractivity (Wildman–Crippen MR) is 80.8 cm³/mol. The van der Waals surface area contributed by atoms with Crippen molar-refractivity contribution in [2.45, 2.75) is 37.5 Å². The van der Waals surface area contributed by atoms with Crippen LogP contribution < -0.4 is 5.32 Å². The lowest BCUT2D eigenvalue weighted by Crippen LogP contribution is -2.31. The number of likely N-dealkylation sites (N-methyl/N-ethyl adjacent to an activating group) is 1. The molecule has 2 atom stereocenters. The summed E-state index contributed by atoms with van der Waals surface area (Å²) in [4.78, 5) is 2.47. The van der Waals surface area contributed by atoms with Gasteiger partial charge in [-0.1, -0.05) is 24.3 Å². The average Bonchev–Trinajstić information content (AvgIpc) is 2.48. The third-order valence-corrected chi connectivity index (χ3v) is 4.80. The Morgan fingerprint density at radius 2 is 1.68 bits per heavy atom. The van der Waals surface area contributed by atoms with Gasteiger partial charge < -0.3 is 10.2 Å². The highest BCUT2D eigenvalue weighted by atomic mass is 15.1. The van der Waals surface area contributed by atoms with Crippen LogP contribution in [0.25, 0.3) is 0 Å². The summed E-state index contributed by atoms with van der Waals surface area (Å²) >= 11 is 0. The summed E-state index contributed by atoms with van der Waals surface area (Å²) in [5.41, 5.74) is 3.07. The van der Waals surface area contributed by atoms with Crippen molar-refractivity contribution in [1.82, 2.24) is 10.2 Å². The molecular weight excluding hydrogens is 232 g/mol. The number of nitrogens with zero attached hydrogens (tertiary/aromatic N) is 1. The molecule has 0 radical (unpaired) electrons. The van der Waals surface area contributed by atoms with E-state index >= 15 is 0 Å². The van der Waals surface area contributed by atoms with E-state index in [2.05, 4.69) is 41.5 Å². The van der Waals surface area contributed by atoms with Gasteiger partial charge in [-0.05, 0) is 68.8 Å². The van der Waals surface area contributed by atoms with Gasteiger partial charge in [0, 0.05) is 13.1 Å². The minimum Gasteiger partial charge on any atom is -0.316 e. The predicted octanol–water partition coefficient (Wildman–Crippen LogP) is 2.96. The Kier molecular flexibility index (Phi) is 4.19. The molecule has 2 aliphatic rings. The standard InChI is InChI=1S/C17H26N2/c1-19-11-3-5-17(13-19)15-8-6-14(7-9-15)16-4-2-10-18-12-16/h6-9,16-18H,2-5,10-13H2,1H3. The topological polar surface area (TPSA) is 15.3 Å².